The molecule has 1 aromatic heterocycles. The van der Waals surface area contributed by atoms with E-state index in [0.29, 0.717) is 17.3 Å². The fourth-order valence-corrected chi connectivity index (χ4v) is 4.18. The Labute approximate surface area is 174 Å². The number of fused-ring (bicyclic) bond motifs is 2. The van der Waals surface area contributed by atoms with Crippen LogP contribution < -0.4 is 10.7 Å². The van der Waals surface area contributed by atoms with Gasteiger partial charge in [-0.2, -0.15) is 0 Å². The Morgan fingerprint density at radius 1 is 1.17 bits per heavy atom. The number of halogens is 1. The number of rotatable bonds is 3. The van der Waals surface area contributed by atoms with Gasteiger partial charge in [0.2, 0.25) is 5.91 Å². The number of hydrogen-bond acceptors (Lipinski definition) is 3. The molecule has 0 atom stereocenters. The summed E-state index contributed by atoms with van der Waals surface area (Å²) in [5.74, 6) is -0.114. The Bertz CT molecular complexity index is 1180. The molecule has 0 saturated carbocycles. The van der Waals surface area contributed by atoms with Crippen molar-refractivity contribution in [3.05, 3.63) is 73.5 Å². The van der Waals surface area contributed by atoms with Crippen molar-refractivity contribution >= 4 is 34.1 Å². The predicted molar refractivity (Wildman–Crippen MR) is 118 cm³/mol. The summed E-state index contributed by atoms with van der Waals surface area (Å²) in [6.45, 7) is 7.36. The molecule has 1 aliphatic rings. The van der Waals surface area contributed by atoms with Gasteiger partial charge >= 0.3 is 0 Å². The lowest BCUT2D eigenvalue weighted by Gasteiger charge is -2.28. The number of aromatic nitrogens is 1. The lowest BCUT2D eigenvalue weighted by molar-refractivity contribution is -0.117. The first kappa shape index (κ1) is 19.7. The lowest BCUT2D eigenvalue weighted by Crippen LogP contribution is -2.39. The highest BCUT2D eigenvalue weighted by molar-refractivity contribution is 6.31. The maximum absolute atomic E-state index is 13.1. The van der Waals surface area contributed by atoms with Crippen molar-refractivity contribution in [2.24, 2.45) is 0 Å². The van der Waals surface area contributed by atoms with Crippen LogP contribution in [0, 0.1) is 20.8 Å². The number of anilines is 1. The molecule has 0 unspecified atom stereocenters. The number of benzene rings is 2. The molecule has 2 heterocycles. The minimum absolute atomic E-state index is 0.0657. The predicted octanol–water partition coefficient (Wildman–Crippen LogP) is 4.10. The number of aromatic amines is 1. The molecule has 1 amide bonds. The molecule has 4 rings (SSSR count). The molecule has 3 aromatic rings. The van der Waals surface area contributed by atoms with Crippen LogP contribution in [0.2, 0.25) is 5.02 Å². The second kappa shape index (κ2) is 7.65. The standard InChI is InChI=1S/C23H24ClN3O2/c1-13-8-15(3)22-17(9-13)23(29)18-11-27(7-6-20(18)26-22)12-21(28)25-16-5-4-14(2)19(24)10-16/h4-5,8-10H,6-7,11-12H2,1-3H3,(H,25,28)(H,26,29). The van der Waals surface area contributed by atoms with Gasteiger partial charge in [-0.05, 0) is 55.7 Å². The van der Waals surface area contributed by atoms with Crippen LogP contribution in [0.3, 0.4) is 0 Å². The molecule has 6 heteroatoms. The van der Waals surface area contributed by atoms with E-state index in [1.165, 1.54) is 0 Å². The molecule has 2 N–H and O–H groups in total. The SMILES string of the molecule is Cc1cc(C)c2[nH]c3c(c(=O)c2c1)CN(CC(=O)Nc1ccc(C)c(Cl)c1)CC3. The number of pyridine rings is 1. The van der Waals surface area contributed by atoms with Gasteiger partial charge < -0.3 is 10.3 Å². The molecule has 0 fully saturated rings. The Kier molecular flexibility index (Phi) is 5.19. The molecule has 2 aromatic carbocycles. The summed E-state index contributed by atoms with van der Waals surface area (Å²) < 4.78 is 0. The highest BCUT2D eigenvalue weighted by atomic mass is 35.5. The maximum atomic E-state index is 13.1. The Morgan fingerprint density at radius 3 is 2.72 bits per heavy atom. The van der Waals surface area contributed by atoms with Crippen molar-refractivity contribution in [3.8, 4) is 0 Å². The number of nitrogens with one attached hydrogen (secondary N) is 2. The van der Waals surface area contributed by atoms with Crippen LogP contribution in [0.4, 0.5) is 5.69 Å². The summed E-state index contributed by atoms with van der Waals surface area (Å²) in [5.41, 5.74) is 6.53. The third-order valence-electron chi connectivity index (χ3n) is 5.52. The van der Waals surface area contributed by atoms with E-state index in [1.807, 2.05) is 43.9 Å². The topological polar surface area (TPSA) is 65.2 Å². The van der Waals surface area contributed by atoms with Crippen LogP contribution in [0.5, 0.6) is 0 Å². The van der Waals surface area contributed by atoms with Gasteiger partial charge in [0.25, 0.3) is 0 Å². The number of carbonyl (C=O) groups is 1. The maximum Gasteiger partial charge on any atom is 0.238 e. The zero-order valence-corrected chi connectivity index (χ0v) is 17.6. The Balaban J connectivity index is 1.53. The highest BCUT2D eigenvalue weighted by Crippen LogP contribution is 2.22. The molecule has 0 aliphatic carbocycles. The van der Waals surface area contributed by atoms with E-state index in [-0.39, 0.29) is 17.9 Å². The van der Waals surface area contributed by atoms with Gasteiger partial charge in [0.1, 0.15) is 0 Å². The van der Waals surface area contributed by atoms with Gasteiger partial charge in [0.15, 0.2) is 5.43 Å². The number of nitrogens with zero attached hydrogens (tertiary/aromatic N) is 1. The average molecular weight is 410 g/mol. The molecule has 150 valence electrons. The van der Waals surface area contributed by atoms with E-state index in [9.17, 15) is 9.59 Å². The van der Waals surface area contributed by atoms with E-state index in [1.54, 1.807) is 6.07 Å². The van der Waals surface area contributed by atoms with E-state index < -0.39 is 0 Å². The largest absolute Gasteiger partial charge is 0.358 e. The van der Waals surface area contributed by atoms with Crippen molar-refractivity contribution in [1.82, 2.24) is 9.88 Å². The molecule has 1 aliphatic heterocycles. The van der Waals surface area contributed by atoms with Gasteiger partial charge in [0.05, 0.1) is 12.1 Å². The van der Waals surface area contributed by atoms with Crippen LogP contribution in [0.25, 0.3) is 10.9 Å². The fraction of sp³-hybridized carbons (Fsp3) is 0.304. The quantitative estimate of drug-likeness (QED) is 0.684. The molecule has 0 saturated heterocycles. The minimum Gasteiger partial charge on any atom is -0.358 e. The number of hydrogen-bond donors (Lipinski definition) is 2. The summed E-state index contributed by atoms with van der Waals surface area (Å²) in [7, 11) is 0. The molecule has 0 bridgehead atoms. The zero-order chi connectivity index (χ0) is 20.7. The second-order valence-electron chi connectivity index (χ2n) is 7.89. The molecule has 29 heavy (non-hydrogen) atoms. The van der Waals surface area contributed by atoms with E-state index in [4.69, 9.17) is 11.6 Å². The third kappa shape index (κ3) is 3.93. The summed E-state index contributed by atoms with van der Waals surface area (Å²) in [4.78, 5) is 31.1. The van der Waals surface area contributed by atoms with Gasteiger partial charge in [0, 0.05) is 46.9 Å². The summed E-state index contributed by atoms with van der Waals surface area (Å²) in [6.07, 6.45) is 0.720. The zero-order valence-electron chi connectivity index (χ0n) is 16.9. The number of amides is 1. The third-order valence-corrected chi connectivity index (χ3v) is 5.93. The first-order chi connectivity index (χ1) is 13.8. The van der Waals surface area contributed by atoms with Crippen molar-refractivity contribution in [3.63, 3.8) is 0 Å². The fourth-order valence-electron chi connectivity index (χ4n) is 4.00. The second-order valence-corrected chi connectivity index (χ2v) is 8.30. The van der Waals surface area contributed by atoms with E-state index in [2.05, 4.69) is 16.4 Å². The molecule has 5 nitrogen and oxygen atoms in total. The van der Waals surface area contributed by atoms with Crippen molar-refractivity contribution in [2.75, 3.05) is 18.4 Å². The number of carbonyl (C=O) groups excluding carboxylic acids is 1. The van der Waals surface area contributed by atoms with Gasteiger partial charge in [-0.25, -0.2) is 0 Å². The normalized spacial score (nSPS) is 14.1. The Hall–Kier alpha value is -2.63. The molecule has 0 radical (unpaired) electrons. The number of H-pyrrole nitrogens is 1. The van der Waals surface area contributed by atoms with Crippen molar-refractivity contribution < 1.29 is 4.79 Å². The molecular formula is C23H24ClN3O2. The summed E-state index contributed by atoms with van der Waals surface area (Å²) >= 11 is 6.13. The summed E-state index contributed by atoms with van der Waals surface area (Å²) in [5, 5.41) is 4.24. The van der Waals surface area contributed by atoms with E-state index >= 15 is 0 Å². The van der Waals surface area contributed by atoms with Crippen molar-refractivity contribution in [2.45, 2.75) is 33.7 Å². The van der Waals surface area contributed by atoms with Crippen LogP contribution >= 0.6 is 11.6 Å². The van der Waals surface area contributed by atoms with Crippen LogP contribution in [-0.4, -0.2) is 28.9 Å². The number of aryl methyl sites for hydroxylation is 3. The smallest absolute Gasteiger partial charge is 0.238 e. The van der Waals surface area contributed by atoms with Crippen molar-refractivity contribution in [1.29, 1.82) is 0 Å². The minimum atomic E-state index is -0.114. The molecule has 0 spiro atoms. The molecular weight excluding hydrogens is 386 g/mol. The van der Waals surface area contributed by atoms with Gasteiger partial charge in [-0.1, -0.05) is 23.7 Å². The van der Waals surface area contributed by atoms with E-state index in [0.717, 1.165) is 51.8 Å². The van der Waals surface area contributed by atoms with Crippen LogP contribution in [0.1, 0.15) is 27.9 Å². The lowest BCUT2D eigenvalue weighted by atomic mass is 9.99. The van der Waals surface area contributed by atoms with Crippen LogP contribution in [0.15, 0.2) is 35.1 Å². The average Bonchev–Trinajstić information content (AvgIpc) is 2.66. The highest BCUT2D eigenvalue weighted by Gasteiger charge is 2.23. The van der Waals surface area contributed by atoms with Crippen LogP contribution in [-0.2, 0) is 17.8 Å². The van der Waals surface area contributed by atoms with Gasteiger partial charge in [-0.3, -0.25) is 14.5 Å². The first-order valence-electron chi connectivity index (χ1n) is 9.75. The Morgan fingerprint density at radius 2 is 1.97 bits per heavy atom. The monoisotopic (exact) mass is 409 g/mol. The first-order valence-corrected chi connectivity index (χ1v) is 10.1. The summed E-state index contributed by atoms with van der Waals surface area (Å²) in [6, 6.07) is 9.49. The van der Waals surface area contributed by atoms with Gasteiger partial charge in [-0.15, -0.1) is 0 Å².